The van der Waals surface area contributed by atoms with E-state index in [9.17, 15) is 4.79 Å². The van der Waals surface area contributed by atoms with Crippen LogP contribution in [-0.4, -0.2) is 43.9 Å². The molecule has 0 radical (unpaired) electrons. The molecule has 2 heterocycles. The minimum atomic E-state index is -0.284. The summed E-state index contributed by atoms with van der Waals surface area (Å²) in [6, 6.07) is 15.9. The fourth-order valence-corrected chi connectivity index (χ4v) is 4.19. The lowest BCUT2D eigenvalue weighted by Crippen LogP contribution is -2.32. The van der Waals surface area contributed by atoms with Gasteiger partial charge in [-0.1, -0.05) is 23.9 Å². The molecule has 7 nitrogen and oxygen atoms in total. The maximum atomic E-state index is 12.5. The number of hydrogen-bond donors (Lipinski definition) is 1. The predicted molar refractivity (Wildman–Crippen MR) is 117 cm³/mol. The number of ether oxygens (including phenoxy) is 1. The summed E-state index contributed by atoms with van der Waals surface area (Å²) in [5, 5.41) is 13.2. The van der Waals surface area contributed by atoms with E-state index in [0.717, 1.165) is 46.5 Å². The van der Waals surface area contributed by atoms with E-state index in [4.69, 9.17) is 9.72 Å². The van der Waals surface area contributed by atoms with Crippen LogP contribution in [0, 0.1) is 0 Å². The fraction of sp³-hybridized carbons (Fsp3) is 0.273. The zero-order valence-corrected chi connectivity index (χ0v) is 17.5. The summed E-state index contributed by atoms with van der Waals surface area (Å²) in [6.07, 6.45) is 2.13. The molecule has 1 aliphatic carbocycles. The molecule has 30 heavy (non-hydrogen) atoms. The lowest BCUT2D eigenvalue weighted by Gasteiger charge is -2.13. The summed E-state index contributed by atoms with van der Waals surface area (Å²) in [5.74, 6) is 1.53. The van der Waals surface area contributed by atoms with Crippen LogP contribution in [0.2, 0.25) is 0 Å². The second kappa shape index (κ2) is 7.60. The van der Waals surface area contributed by atoms with Gasteiger partial charge in [0.25, 0.3) is 0 Å². The largest absolute Gasteiger partial charge is 0.497 e. The highest BCUT2D eigenvalue weighted by atomic mass is 32.2. The van der Waals surface area contributed by atoms with Crippen LogP contribution in [0.5, 0.6) is 5.75 Å². The molecule has 152 valence electrons. The molecule has 2 aromatic heterocycles. The SMILES string of the molecule is COc1ccc(-c2nc3ccccc3c3nnc(S[C@@H](C)C(=O)NC4CC4)n23)cc1. The van der Waals surface area contributed by atoms with Crippen molar-refractivity contribution in [1.29, 1.82) is 0 Å². The summed E-state index contributed by atoms with van der Waals surface area (Å²) < 4.78 is 7.23. The third-order valence-corrected chi connectivity index (χ3v) is 6.18. The molecule has 1 fully saturated rings. The quantitative estimate of drug-likeness (QED) is 0.480. The van der Waals surface area contributed by atoms with E-state index in [1.807, 2.05) is 59.9 Å². The molecule has 1 N–H and O–H groups in total. The average Bonchev–Trinajstić information content (AvgIpc) is 3.50. The van der Waals surface area contributed by atoms with Crippen molar-refractivity contribution >= 4 is 34.2 Å². The zero-order valence-electron chi connectivity index (χ0n) is 16.7. The summed E-state index contributed by atoms with van der Waals surface area (Å²) in [6.45, 7) is 1.89. The monoisotopic (exact) mass is 419 g/mol. The topological polar surface area (TPSA) is 81.4 Å². The maximum absolute atomic E-state index is 12.5. The van der Waals surface area contributed by atoms with Gasteiger partial charge in [0, 0.05) is 17.0 Å². The van der Waals surface area contributed by atoms with Gasteiger partial charge in [-0.2, -0.15) is 0 Å². The number of methoxy groups -OCH3 is 1. The number of thioether (sulfide) groups is 1. The molecule has 1 amide bonds. The number of benzene rings is 2. The Morgan fingerprint density at radius 3 is 2.67 bits per heavy atom. The highest BCUT2D eigenvalue weighted by Gasteiger charge is 2.27. The second-order valence-corrected chi connectivity index (χ2v) is 8.67. The van der Waals surface area contributed by atoms with Crippen LogP contribution in [0.4, 0.5) is 0 Å². The molecule has 0 bridgehead atoms. The van der Waals surface area contributed by atoms with Gasteiger partial charge < -0.3 is 10.1 Å². The Bertz CT molecular complexity index is 1230. The Morgan fingerprint density at radius 1 is 1.17 bits per heavy atom. The number of para-hydroxylation sites is 1. The normalized spacial score (nSPS) is 14.7. The molecule has 1 atom stereocenters. The highest BCUT2D eigenvalue weighted by molar-refractivity contribution is 8.00. The first-order chi connectivity index (χ1) is 14.6. The van der Waals surface area contributed by atoms with Gasteiger partial charge >= 0.3 is 0 Å². The number of amides is 1. The molecule has 0 aliphatic heterocycles. The number of carbonyl (C=O) groups excluding carboxylic acids is 1. The highest BCUT2D eigenvalue weighted by Crippen LogP contribution is 2.31. The van der Waals surface area contributed by atoms with Gasteiger partial charge in [0.2, 0.25) is 5.91 Å². The molecular formula is C22H21N5O2S. The molecule has 2 aromatic carbocycles. The number of aromatic nitrogens is 4. The lowest BCUT2D eigenvalue weighted by molar-refractivity contribution is -0.120. The molecule has 4 aromatic rings. The van der Waals surface area contributed by atoms with E-state index >= 15 is 0 Å². The average molecular weight is 420 g/mol. The van der Waals surface area contributed by atoms with Crippen molar-refractivity contribution in [3.05, 3.63) is 48.5 Å². The van der Waals surface area contributed by atoms with Gasteiger partial charge in [-0.15, -0.1) is 10.2 Å². The third kappa shape index (κ3) is 3.47. The van der Waals surface area contributed by atoms with E-state index in [1.165, 1.54) is 11.8 Å². The van der Waals surface area contributed by atoms with Crippen LogP contribution >= 0.6 is 11.8 Å². The minimum absolute atomic E-state index is 0.0268. The van der Waals surface area contributed by atoms with Crippen LogP contribution in [0.15, 0.2) is 53.7 Å². The van der Waals surface area contributed by atoms with E-state index in [-0.39, 0.29) is 11.2 Å². The second-order valence-electron chi connectivity index (χ2n) is 7.37. The smallest absolute Gasteiger partial charge is 0.233 e. The number of nitrogens with zero attached hydrogens (tertiary/aromatic N) is 4. The van der Waals surface area contributed by atoms with E-state index < -0.39 is 0 Å². The molecule has 0 unspecified atom stereocenters. The van der Waals surface area contributed by atoms with Crippen molar-refractivity contribution in [2.24, 2.45) is 0 Å². The molecule has 0 saturated heterocycles. The zero-order chi connectivity index (χ0) is 20.7. The van der Waals surface area contributed by atoms with Crippen molar-refractivity contribution in [2.45, 2.75) is 36.2 Å². The number of carbonyl (C=O) groups is 1. The van der Waals surface area contributed by atoms with Gasteiger partial charge in [0.1, 0.15) is 11.6 Å². The summed E-state index contributed by atoms with van der Waals surface area (Å²) in [5.41, 5.74) is 2.49. The minimum Gasteiger partial charge on any atom is -0.497 e. The standard InChI is InChI=1S/C22H21N5O2S/c1-13(21(28)23-15-9-10-15)30-22-26-25-20-17-5-3-4-6-18(17)24-19(27(20)22)14-7-11-16(29-2)12-8-14/h3-8,11-13,15H,9-10H2,1-2H3,(H,23,28)/t13-/m0/s1. The number of fused-ring (bicyclic) bond motifs is 3. The summed E-state index contributed by atoms with van der Waals surface area (Å²) in [7, 11) is 1.64. The Balaban J connectivity index is 1.62. The van der Waals surface area contributed by atoms with Crippen LogP contribution in [0.3, 0.4) is 0 Å². The van der Waals surface area contributed by atoms with Gasteiger partial charge in [-0.25, -0.2) is 4.98 Å². The molecule has 0 spiro atoms. The van der Waals surface area contributed by atoms with Crippen molar-refractivity contribution in [1.82, 2.24) is 24.9 Å². The first kappa shape index (κ1) is 18.9. The number of hydrogen-bond acceptors (Lipinski definition) is 6. The molecule has 1 saturated carbocycles. The van der Waals surface area contributed by atoms with Crippen molar-refractivity contribution in [3.63, 3.8) is 0 Å². The number of nitrogens with one attached hydrogen (secondary N) is 1. The van der Waals surface area contributed by atoms with Gasteiger partial charge in [-0.05, 0) is 56.2 Å². The van der Waals surface area contributed by atoms with E-state index in [0.29, 0.717) is 11.2 Å². The Labute approximate surface area is 177 Å². The third-order valence-electron chi connectivity index (χ3n) is 5.14. The molecule has 8 heteroatoms. The van der Waals surface area contributed by atoms with Crippen molar-refractivity contribution in [3.8, 4) is 17.1 Å². The van der Waals surface area contributed by atoms with Gasteiger partial charge in [0.15, 0.2) is 10.8 Å². The van der Waals surface area contributed by atoms with Crippen LogP contribution in [-0.2, 0) is 4.79 Å². The Morgan fingerprint density at radius 2 is 1.93 bits per heavy atom. The summed E-state index contributed by atoms with van der Waals surface area (Å²) in [4.78, 5) is 17.4. The Kier molecular flexibility index (Phi) is 4.78. The van der Waals surface area contributed by atoms with E-state index in [2.05, 4.69) is 15.5 Å². The lowest BCUT2D eigenvalue weighted by atomic mass is 10.1. The molecule has 5 rings (SSSR count). The first-order valence-corrected chi connectivity index (χ1v) is 10.8. The predicted octanol–water partition coefficient (Wildman–Crippen LogP) is 3.71. The molecular weight excluding hydrogens is 398 g/mol. The van der Waals surface area contributed by atoms with Gasteiger partial charge in [0.05, 0.1) is 17.9 Å². The fourth-order valence-electron chi connectivity index (χ4n) is 3.33. The molecule has 1 aliphatic rings. The van der Waals surface area contributed by atoms with Gasteiger partial charge in [-0.3, -0.25) is 9.20 Å². The first-order valence-electron chi connectivity index (χ1n) is 9.89. The van der Waals surface area contributed by atoms with Crippen molar-refractivity contribution in [2.75, 3.05) is 7.11 Å². The van der Waals surface area contributed by atoms with E-state index in [1.54, 1.807) is 7.11 Å². The summed E-state index contributed by atoms with van der Waals surface area (Å²) >= 11 is 1.40. The van der Waals surface area contributed by atoms with Crippen molar-refractivity contribution < 1.29 is 9.53 Å². The maximum Gasteiger partial charge on any atom is 0.233 e. The number of rotatable bonds is 6. The Hall–Kier alpha value is -3.13. The van der Waals surface area contributed by atoms with Crippen LogP contribution in [0.1, 0.15) is 19.8 Å². The van der Waals surface area contributed by atoms with Crippen LogP contribution < -0.4 is 10.1 Å². The van der Waals surface area contributed by atoms with Crippen LogP contribution in [0.25, 0.3) is 27.9 Å².